The molecule has 0 aliphatic carbocycles. The predicted octanol–water partition coefficient (Wildman–Crippen LogP) is 4.01. The monoisotopic (exact) mass is 341 g/mol. The Bertz CT molecular complexity index is 578. The zero-order valence-electron chi connectivity index (χ0n) is 10.9. The molecule has 0 aromatic carbocycles. The molecule has 1 fully saturated rings. The Morgan fingerprint density at radius 3 is 3.00 bits per heavy atom. The fraction of sp³-hybridized carbons (Fsp3) is 0.538. The second-order valence-electron chi connectivity index (χ2n) is 5.54. The van der Waals surface area contributed by atoms with Gasteiger partial charge in [0, 0.05) is 0 Å². The molecule has 19 heavy (non-hydrogen) atoms. The summed E-state index contributed by atoms with van der Waals surface area (Å²) >= 11 is 5.06. The van der Waals surface area contributed by atoms with Crippen LogP contribution in [0.3, 0.4) is 0 Å². The normalized spacial score (nSPS) is 22.6. The van der Waals surface area contributed by atoms with Crippen LogP contribution in [0.4, 0.5) is 0 Å². The first-order valence-electron chi connectivity index (χ1n) is 6.39. The Morgan fingerprint density at radius 1 is 1.47 bits per heavy atom. The summed E-state index contributed by atoms with van der Waals surface area (Å²) in [6.07, 6.45) is 2.37. The molecule has 3 heterocycles. The highest BCUT2D eigenvalue weighted by Crippen LogP contribution is 2.40. The maximum Gasteiger partial charge on any atom is 0.244 e. The molecule has 1 aliphatic rings. The minimum absolute atomic E-state index is 0.144. The lowest BCUT2D eigenvalue weighted by atomic mass is 9.77. The molecule has 1 N–H and O–H groups in total. The van der Waals surface area contributed by atoms with Gasteiger partial charge in [-0.2, -0.15) is 4.98 Å². The number of piperidine rings is 1. The second kappa shape index (κ2) is 5.00. The predicted molar refractivity (Wildman–Crippen MR) is 79.1 cm³/mol. The first-order valence-corrected chi connectivity index (χ1v) is 8.00. The molecule has 2 aromatic heterocycles. The van der Waals surface area contributed by atoms with Crippen LogP contribution >= 0.6 is 27.3 Å². The summed E-state index contributed by atoms with van der Waals surface area (Å²) in [5.74, 6) is 1.37. The van der Waals surface area contributed by atoms with Crippen LogP contribution in [0.1, 0.15) is 38.6 Å². The van der Waals surface area contributed by atoms with Gasteiger partial charge in [-0.3, -0.25) is 0 Å². The summed E-state index contributed by atoms with van der Waals surface area (Å²) in [6.45, 7) is 5.50. The Balaban J connectivity index is 1.88. The zero-order chi connectivity index (χ0) is 13.5. The van der Waals surface area contributed by atoms with Gasteiger partial charge in [0.05, 0.1) is 14.7 Å². The van der Waals surface area contributed by atoms with Gasteiger partial charge in [0.25, 0.3) is 0 Å². The number of halogens is 1. The van der Waals surface area contributed by atoms with Crippen molar-refractivity contribution in [3.63, 3.8) is 0 Å². The van der Waals surface area contributed by atoms with Crippen LogP contribution in [0.15, 0.2) is 20.4 Å². The maximum atomic E-state index is 5.47. The number of thiophene rings is 1. The van der Waals surface area contributed by atoms with Crippen molar-refractivity contribution in [3.8, 4) is 10.7 Å². The third-order valence-corrected chi connectivity index (χ3v) is 5.23. The summed E-state index contributed by atoms with van der Waals surface area (Å²) < 4.78 is 6.55. The largest absolute Gasteiger partial charge is 0.337 e. The highest BCUT2D eigenvalue weighted by Gasteiger charge is 2.37. The molecule has 1 aliphatic heterocycles. The summed E-state index contributed by atoms with van der Waals surface area (Å²) in [6, 6.07) is 4.15. The van der Waals surface area contributed by atoms with Crippen molar-refractivity contribution in [2.24, 2.45) is 5.41 Å². The molecule has 4 nitrogen and oxygen atoms in total. The van der Waals surface area contributed by atoms with Gasteiger partial charge in [-0.25, -0.2) is 0 Å². The first kappa shape index (κ1) is 13.3. The summed E-state index contributed by atoms with van der Waals surface area (Å²) in [4.78, 5) is 5.59. The lowest BCUT2D eigenvalue weighted by molar-refractivity contribution is 0.147. The van der Waals surface area contributed by atoms with Gasteiger partial charge in [-0.05, 0) is 52.9 Å². The molecule has 6 heteroatoms. The summed E-state index contributed by atoms with van der Waals surface area (Å²) in [7, 11) is 0. The molecular formula is C13H16BrN3OS. The lowest BCUT2D eigenvalue weighted by Gasteiger charge is -2.36. The van der Waals surface area contributed by atoms with Crippen LogP contribution in [-0.4, -0.2) is 16.7 Å². The fourth-order valence-electron chi connectivity index (χ4n) is 2.52. The molecule has 0 radical (unpaired) electrons. The van der Waals surface area contributed by atoms with Crippen molar-refractivity contribution >= 4 is 27.3 Å². The minimum atomic E-state index is 0.144. The van der Waals surface area contributed by atoms with E-state index in [1.54, 1.807) is 11.3 Å². The van der Waals surface area contributed by atoms with E-state index in [2.05, 4.69) is 45.2 Å². The highest BCUT2D eigenvalue weighted by molar-refractivity contribution is 9.11. The van der Waals surface area contributed by atoms with E-state index in [0.29, 0.717) is 11.7 Å². The quantitative estimate of drug-likeness (QED) is 0.896. The number of rotatable bonds is 2. The van der Waals surface area contributed by atoms with E-state index >= 15 is 0 Å². The number of hydrogen-bond acceptors (Lipinski definition) is 5. The van der Waals surface area contributed by atoms with E-state index in [4.69, 9.17) is 4.52 Å². The molecular weight excluding hydrogens is 326 g/mol. The lowest BCUT2D eigenvalue weighted by Crippen LogP contribution is -2.39. The van der Waals surface area contributed by atoms with E-state index in [1.165, 1.54) is 12.8 Å². The van der Waals surface area contributed by atoms with Crippen LogP contribution in [0, 0.1) is 5.41 Å². The van der Waals surface area contributed by atoms with Gasteiger partial charge in [0.1, 0.15) is 0 Å². The van der Waals surface area contributed by atoms with E-state index in [-0.39, 0.29) is 11.5 Å². The van der Waals surface area contributed by atoms with Gasteiger partial charge in [0.15, 0.2) is 0 Å². The molecule has 0 bridgehead atoms. The third-order valence-electron chi connectivity index (χ3n) is 3.61. The average molecular weight is 342 g/mol. The van der Waals surface area contributed by atoms with Crippen molar-refractivity contribution in [2.75, 3.05) is 6.54 Å². The standard InChI is InChI=1S/C13H16BrN3OS/c1-13(2)6-3-7-15-10(13)12-16-11(17-18-12)8-4-5-9(14)19-8/h4-5,10,15H,3,6-7H2,1-2H3. The molecule has 3 rings (SSSR count). The number of hydrogen-bond donors (Lipinski definition) is 1. The van der Waals surface area contributed by atoms with Gasteiger partial charge in [-0.1, -0.05) is 19.0 Å². The van der Waals surface area contributed by atoms with Crippen molar-refractivity contribution in [3.05, 3.63) is 21.8 Å². The van der Waals surface area contributed by atoms with Crippen LogP contribution in [-0.2, 0) is 0 Å². The number of nitrogens with one attached hydrogen (secondary N) is 1. The van der Waals surface area contributed by atoms with Gasteiger partial charge in [0.2, 0.25) is 11.7 Å². The van der Waals surface area contributed by atoms with E-state index in [1.807, 2.05) is 12.1 Å². The maximum absolute atomic E-state index is 5.47. The average Bonchev–Trinajstić information content (AvgIpc) is 2.97. The van der Waals surface area contributed by atoms with Crippen molar-refractivity contribution in [2.45, 2.75) is 32.7 Å². The number of aromatic nitrogens is 2. The van der Waals surface area contributed by atoms with E-state index < -0.39 is 0 Å². The smallest absolute Gasteiger partial charge is 0.244 e. The Kier molecular flexibility index (Phi) is 3.49. The molecule has 0 spiro atoms. The Hall–Kier alpha value is -0.720. The van der Waals surface area contributed by atoms with Crippen molar-refractivity contribution < 1.29 is 4.52 Å². The van der Waals surface area contributed by atoms with Crippen molar-refractivity contribution in [1.82, 2.24) is 15.5 Å². The van der Waals surface area contributed by atoms with Crippen LogP contribution in [0.2, 0.25) is 0 Å². The van der Waals surface area contributed by atoms with Gasteiger partial charge < -0.3 is 9.84 Å². The molecule has 102 valence electrons. The first-order chi connectivity index (χ1) is 9.06. The molecule has 1 saturated heterocycles. The molecule has 0 saturated carbocycles. The highest BCUT2D eigenvalue weighted by atomic mass is 79.9. The second-order valence-corrected chi connectivity index (χ2v) is 8.00. The fourth-order valence-corrected chi connectivity index (χ4v) is 3.83. The molecule has 1 atom stereocenters. The Morgan fingerprint density at radius 2 is 2.32 bits per heavy atom. The zero-order valence-corrected chi connectivity index (χ0v) is 13.3. The Labute approximate surface area is 124 Å². The van der Waals surface area contributed by atoms with Gasteiger partial charge >= 0.3 is 0 Å². The summed E-state index contributed by atoms with van der Waals surface area (Å²) in [5.41, 5.74) is 0.151. The van der Waals surface area contributed by atoms with Gasteiger partial charge in [-0.15, -0.1) is 11.3 Å². The molecule has 2 aromatic rings. The van der Waals surface area contributed by atoms with Crippen LogP contribution in [0.25, 0.3) is 10.7 Å². The topological polar surface area (TPSA) is 51.0 Å². The van der Waals surface area contributed by atoms with Crippen molar-refractivity contribution in [1.29, 1.82) is 0 Å². The third kappa shape index (κ3) is 2.61. The molecule has 0 amide bonds. The minimum Gasteiger partial charge on any atom is -0.337 e. The van der Waals surface area contributed by atoms with E-state index in [0.717, 1.165) is 15.2 Å². The van der Waals surface area contributed by atoms with Crippen LogP contribution in [0.5, 0.6) is 0 Å². The SMILES string of the molecule is CC1(C)CCCNC1c1nc(-c2ccc(Br)s2)no1. The molecule has 1 unspecified atom stereocenters. The summed E-state index contributed by atoms with van der Waals surface area (Å²) in [5, 5.41) is 7.60. The number of nitrogens with zero attached hydrogens (tertiary/aromatic N) is 2. The van der Waals surface area contributed by atoms with Crippen LogP contribution < -0.4 is 5.32 Å². The van der Waals surface area contributed by atoms with E-state index in [9.17, 15) is 0 Å².